The summed E-state index contributed by atoms with van der Waals surface area (Å²) >= 11 is 0. The van der Waals surface area contributed by atoms with Crippen LogP contribution in [0, 0.1) is 5.92 Å². The highest BCUT2D eigenvalue weighted by molar-refractivity contribution is 4.92. The third-order valence-corrected chi connectivity index (χ3v) is 4.71. The molecule has 0 unspecified atom stereocenters. The normalized spacial score (nSPS) is 30.1. The summed E-state index contributed by atoms with van der Waals surface area (Å²) in [6.45, 7) is 5.04. The molecule has 0 amide bonds. The Kier molecular flexibility index (Phi) is 4.68. The third kappa shape index (κ3) is 3.38. The summed E-state index contributed by atoms with van der Waals surface area (Å²) in [6, 6.07) is 0.511. The summed E-state index contributed by atoms with van der Waals surface area (Å²) in [5.74, 6) is 1.85. The highest BCUT2D eigenvalue weighted by atomic mass is 16.5. The van der Waals surface area contributed by atoms with Gasteiger partial charge < -0.3 is 10.1 Å². The van der Waals surface area contributed by atoms with Gasteiger partial charge in [0.1, 0.15) is 12.2 Å². The third-order valence-electron chi connectivity index (χ3n) is 4.71. The van der Waals surface area contributed by atoms with E-state index in [1.807, 2.05) is 4.68 Å². The first-order chi connectivity index (χ1) is 9.83. The summed E-state index contributed by atoms with van der Waals surface area (Å²) in [6.07, 6.45) is 9.60. The Bertz CT molecular complexity index is 420. The van der Waals surface area contributed by atoms with E-state index in [4.69, 9.17) is 4.74 Å². The van der Waals surface area contributed by atoms with Crippen molar-refractivity contribution in [3.05, 3.63) is 12.2 Å². The Balaban J connectivity index is 1.34. The molecule has 5 nitrogen and oxygen atoms in total. The van der Waals surface area contributed by atoms with Crippen molar-refractivity contribution in [2.24, 2.45) is 5.92 Å². The monoisotopic (exact) mass is 278 g/mol. The molecule has 0 bridgehead atoms. The maximum Gasteiger partial charge on any atom is 0.138 e. The quantitative estimate of drug-likeness (QED) is 0.834. The average molecular weight is 278 g/mol. The molecule has 20 heavy (non-hydrogen) atoms. The second kappa shape index (κ2) is 6.68. The molecule has 3 rings (SSSR count). The van der Waals surface area contributed by atoms with E-state index in [1.165, 1.54) is 25.7 Å². The summed E-state index contributed by atoms with van der Waals surface area (Å²) < 4.78 is 8.06. The minimum atomic E-state index is 0.485. The summed E-state index contributed by atoms with van der Waals surface area (Å²) in [4.78, 5) is 4.26. The summed E-state index contributed by atoms with van der Waals surface area (Å²) in [5, 5.41) is 7.85. The fourth-order valence-corrected chi connectivity index (χ4v) is 3.41. The first-order valence-electron chi connectivity index (χ1n) is 8.04. The van der Waals surface area contributed by atoms with Gasteiger partial charge in [-0.1, -0.05) is 19.8 Å². The van der Waals surface area contributed by atoms with Gasteiger partial charge in [-0.05, 0) is 25.2 Å². The fraction of sp³-hybridized carbons (Fsp3) is 0.867. The van der Waals surface area contributed by atoms with Gasteiger partial charge in [0.2, 0.25) is 0 Å². The van der Waals surface area contributed by atoms with Gasteiger partial charge >= 0.3 is 0 Å². The lowest BCUT2D eigenvalue weighted by molar-refractivity contribution is -0.00416. The van der Waals surface area contributed by atoms with Gasteiger partial charge in [0.05, 0.1) is 19.3 Å². The minimum Gasteiger partial charge on any atom is -0.377 e. The Labute approximate surface area is 121 Å². The van der Waals surface area contributed by atoms with E-state index < -0.39 is 0 Å². The molecule has 0 aromatic carbocycles. The number of ether oxygens (including phenoxy) is 1. The topological polar surface area (TPSA) is 52.0 Å². The molecular formula is C15H26N4O. The van der Waals surface area contributed by atoms with Crippen LogP contribution in [0.3, 0.4) is 0 Å². The van der Waals surface area contributed by atoms with Gasteiger partial charge in [0.25, 0.3) is 0 Å². The number of hydrogen-bond donors (Lipinski definition) is 1. The maximum atomic E-state index is 6.04. The molecule has 0 saturated heterocycles. The summed E-state index contributed by atoms with van der Waals surface area (Å²) in [5.41, 5.74) is 0. The highest BCUT2D eigenvalue weighted by Gasteiger charge is 2.22. The molecule has 3 atom stereocenters. The maximum absolute atomic E-state index is 6.04. The van der Waals surface area contributed by atoms with Crippen LogP contribution >= 0.6 is 0 Å². The van der Waals surface area contributed by atoms with Gasteiger partial charge in [0.15, 0.2) is 0 Å². The van der Waals surface area contributed by atoms with Crippen molar-refractivity contribution < 1.29 is 4.74 Å². The number of aryl methyl sites for hydroxylation is 1. The average Bonchev–Trinajstić information content (AvgIpc) is 2.93. The second-order valence-electron chi connectivity index (χ2n) is 6.22. The van der Waals surface area contributed by atoms with Crippen molar-refractivity contribution in [2.45, 2.75) is 64.1 Å². The molecule has 1 fully saturated rings. The van der Waals surface area contributed by atoms with Crippen LogP contribution in [-0.2, 0) is 17.7 Å². The van der Waals surface area contributed by atoms with Crippen LogP contribution in [0.4, 0.5) is 0 Å². The van der Waals surface area contributed by atoms with Crippen molar-refractivity contribution in [3.8, 4) is 0 Å². The molecule has 1 N–H and O–H groups in total. The molecule has 0 spiro atoms. The van der Waals surface area contributed by atoms with Crippen molar-refractivity contribution in [2.75, 3.05) is 13.2 Å². The highest BCUT2D eigenvalue weighted by Crippen LogP contribution is 2.26. The number of rotatable bonds is 5. The van der Waals surface area contributed by atoms with Gasteiger partial charge in [-0.3, -0.25) is 0 Å². The largest absolute Gasteiger partial charge is 0.377 e. The van der Waals surface area contributed by atoms with Crippen molar-refractivity contribution in [1.29, 1.82) is 0 Å². The van der Waals surface area contributed by atoms with Gasteiger partial charge in [-0.15, -0.1) is 0 Å². The first kappa shape index (κ1) is 14.0. The number of nitrogens with one attached hydrogen (secondary N) is 1. The van der Waals surface area contributed by atoms with Gasteiger partial charge in [0, 0.05) is 19.0 Å². The van der Waals surface area contributed by atoms with E-state index >= 15 is 0 Å². The number of aromatic nitrogens is 3. The van der Waals surface area contributed by atoms with Crippen LogP contribution in [0.5, 0.6) is 0 Å². The van der Waals surface area contributed by atoms with E-state index in [2.05, 4.69) is 22.3 Å². The lowest BCUT2D eigenvalue weighted by atomic mass is 9.88. The Morgan fingerprint density at radius 3 is 3.15 bits per heavy atom. The summed E-state index contributed by atoms with van der Waals surface area (Å²) in [7, 11) is 0. The van der Waals surface area contributed by atoms with Crippen LogP contribution in [0.2, 0.25) is 0 Å². The zero-order valence-corrected chi connectivity index (χ0v) is 12.4. The molecule has 5 heteroatoms. The lowest BCUT2D eigenvalue weighted by Gasteiger charge is -2.29. The van der Waals surface area contributed by atoms with Crippen LogP contribution in [0.25, 0.3) is 0 Å². The van der Waals surface area contributed by atoms with Crippen LogP contribution in [-0.4, -0.2) is 40.1 Å². The number of nitrogens with zero attached hydrogens (tertiary/aromatic N) is 3. The van der Waals surface area contributed by atoms with Crippen LogP contribution in [0.1, 0.15) is 44.9 Å². The molecule has 112 valence electrons. The zero-order valence-electron chi connectivity index (χ0n) is 12.4. The molecule has 1 saturated carbocycles. The molecule has 1 aromatic heterocycles. The van der Waals surface area contributed by atoms with Crippen molar-refractivity contribution in [3.63, 3.8) is 0 Å². The van der Waals surface area contributed by atoms with Crippen LogP contribution in [0.15, 0.2) is 6.33 Å². The molecule has 2 heterocycles. The van der Waals surface area contributed by atoms with Gasteiger partial charge in [-0.25, -0.2) is 9.67 Å². The minimum absolute atomic E-state index is 0.485. The van der Waals surface area contributed by atoms with Crippen LogP contribution < -0.4 is 5.32 Å². The van der Waals surface area contributed by atoms with E-state index in [9.17, 15) is 0 Å². The molecule has 1 aliphatic carbocycles. The van der Waals surface area contributed by atoms with Gasteiger partial charge in [-0.2, -0.15) is 5.10 Å². The molecular weight excluding hydrogens is 252 g/mol. The molecule has 1 aromatic rings. The second-order valence-corrected chi connectivity index (χ2v) is 6.22. The van der Waals surface area contributed by atoms with E-state index in [0.29, 0.717) is 12.1 Å². The smallest absolute Gasteiger partial charge is 0.138 e. The lowest BCUT2D eigenvalue weighted by Crippen LogP contribution is -2.40. The first-order valence-corrected chi connectivity index (χ1v) is 8.04. The Morgan fingerprint density at radius 1 is 1.35 bits per heavy atom. The Hall–Kier alpha value is -0.940. The molecule has 2 aliphatic rings. The fourth-order valence-electron chi connectivity index (χ4n) is 3.41. The standard InChI is InChI=1S/C15H26N4O/c1-12-4-2-3-5-14(12)20-9-8-16-13-6-7-15-17-11-18-19(15)10-13/h11-14,16H,2-10H2,1H3/t12-,13-,14-/m1/s1. The number of fused-ring (bicyclic) bond motifs is 1. The zero-order chi connectivity index (χ0) is 13.8. The molecule has 0 radical (unpaired) electrons. The van der Waals surface area contributed by atoms with E-state index in [-0.39, 0.29) is 0 Å². The van der Waals surface area contributed by atoms with E-state index in [0.717, 1.165) is 44.3 Å². The predicted molar refractivity (Wildman–Crippen MR) is 77.5 cm³/mol. The van der Waals surface area contributed by atoms with E-state index in [1.54, 1.807) is 6.33 Å². The predicted octanol–water partition coefficient (Wildman–Crippen LogP) is 1.78. The number of hydrogen-bond acceptors (Lipinski definition) is 4. The van der Waals surface area contributed by atoms with Crippen molar-refractivity contribution >= 4 is 0 Å². The Morgan fingerprint density at radius 2 is 2.25 bits per heavy atom. The SMILES string of the molecule is C[C@@H]1CCCC[C@H]1OCCN[C@@H]1CCc2ncnn2C1. The molecule has 1 aliphatic heterocycles. The van der Waals surface area contributed by atoms with Crippen molar-refractivity contribution in [1.82, 2.24) is 20.1 Å².